The smallest absolute Gasteiger partial charge is 0.241 e. The molecule has 0 spiro atoms. The number of aliphatic hydroxyl groups is 1. The highest BCUT2D eigenvalue weighted by Crippen LogP contribution is 2.42. The third kappa shape index (κ3) is 7.91. The molecule has 10 nitrogen and oxygen atoms in total. The van der Waals surface area contributed by atoms with E-state index in [0.29, 0.717) is 23.5 Å². The first kappa shape index (κ1) is 38.0. The molecule has 2 N–H and O–H groups in total. The number of fused-ring (bicyclic) bond motifs is 1. The van der Waals surface area contributed by atoms with E-state index in [4.69, 9.17) is 28.7 Å². The molecule has 1 aliphatic rings. The first-order valence-corrected chi connectivity index (χ1v) is 19.1. The third-order valence-electron chi connectivity index (χ3n) is 10.6. The van der Waals surface area contributed by atoms with Crippen molar-refractivity contribution in [2.45, 2.75) is 49.8 Å². The summed E-state index contributed by atoms with van der Waals surface area (Å²) in [5.41, 5.74) is 6.11. The minimum absolute atomic E-state index is 0.149. The van der Waals surface area contributed by atoms with Crippen LogP contribution in [-0.4, -0.2) is 58.7 Å². The Balaban J connectivity index is 1.15. The van der Waals surface area contributed by atoms with Crippen molar-refractivity contribution < 1.29 is 28.8 Å². The number of aromatic nitrogens is 3. The first-order valence-electron chi connectivity index (χ1n) is 19.1. The Morgan fingerprint density at radius 2 is 1.26 bits per heavy atom. The molecule has 290 valence electrons. The van der Waals surface area contributed by atoms with E-state index in [9.17, 15) is 5.11 Å². The molecular formula is C47H46N4O6. The van der Waals surface area contributed by atoms with Crippen molar-refractivity contribution in [2.24, 2.45) is 0 Å². The minimum Gasteiger partial charge on any atom is -0.497 e. The summed E-state index contributed by atoms with van der Waals surface area (Å²) >= 11 is 0. The van der Waals surface area contributed by atoms with E-state index in [1.54, 1.807) is 14.2 Å². The van der Waals surface area contributed by atoms with E-state index in [2.05, 4.69) is 46.7 Å². The van der Waals surface area contributed by atoms with Crippen LogP contribution >= 0.6 is 0 Å². The van der Waals surface area contributed by atoms with E-state index in [-0.39, 0.29) is 19.9 Å². The van der Waals surface area contributed by atoms with Crippen molar-refractivity contribution in [1.29, 1.82) is 0 Å². The van der Waals surface area contributed by atoms with Crippen LogP contribution in [0.4, 0.5) is 0 Å². The number of nitrogens with zero attached hydrogens (tertiary/aromatic N) is 3. The van der Waals surface area contributed by atoms with Crippen LogP contribution in [0.25, 0.3) is 11.0 Å². The standard InChI is InChI=1S/C47H46N4O6/c1-53-38-25-23-34(24-26-38)29-56-45-42(39-27-51(32-55-28-33-15-7-3-8-16-33)43-41(39)48-31-49-46(43)54-2)50-40(44(45)52)30-57-47(35-17-9-4-10-18-35,36-19-11-5-12-20-36)37-21-13-6-14-22-37/h3-27,31,40,42,44-45,50,52H,28-30,32H2,1-2H3/t40-,42+,44-,45+/m1/s1. The van der Waals surface area contributed by atoms with Gasteiger partial charge in [-0.3, -0.25) is 0 Å². The number of benzene rings is 5. The van der Waals surface area contributed by atoms with Crippen molar-refractivity contribution in [3.8, 4) is 11.6 Å². The Kier molecular flexibility index (Phi) is 11.7. The van der Waals surface area contributed by atoms with E-state index in [1.165, 1.54) is 6.33 Å². The number of ether oxygens (including phenoxy) is 5. The monoisotopic (exact) mass is 762 g/mol. The van der Waals surface area contributed by atoms with Crippen LogP contribution in [-0.2, 0) is 39.8 Å². The Labute approximate surface area is 332 Å². The number of rotatable bonds is 16. The van der Waals surface area contributed by atoms with Crippen molar-refractivity contribution >= 4 is 11.0 Å². The fourth-order valence-electron chi connectivity index (χ4n) is 7.80. The van der Waals surface area contributed by atoms with E-state index in [0.717, 1.165) is 39.1 Å². The molecule has 1 saturated heterocycles. The Bertz CT molecular complexity index is 2230. The molecule has 1 fully saturated rings. The summed E-state index contributed by atoms with van der Waals surface area (Å²) in [6.07, 6.45) is 1.83. The lowest BCUT2D eigenvalue weighted by Gasteiger charge is -2.37. The van der Waals surface area contributed by atoms with Gasteiger partial charge in [0.25, 0.3) is 0 Å². The molecule has 3 heterocycles. The van der Waals surface area contributed by atoms with Crippen molar-refractivity contribution in [1.82, 2.24) is 19.9 Å². The molecule has 10 heteroatoms. The van der Waals surface area contributed by atoms with Crippen LogP contribution in [0.15, 0.2) is 158 Å². The third-order valence-corrected chi connectivity index (χ3v) is 10.6. The summed E-state index contributed by atoms with van der Waals surface area (Å²) in [5.74, 6) is 1.17. The minimum atomic E-state index is -0.977. The predicted octanol–water partition coefficient (Wildman–Crippen LogP) is 7.59. The molecule has 2 aromatic heterocycles. The largest absolute Gasteiger partial charge is 0.497 e. The lowest BCUT2D eigenvalue weighted by atomic mass is 9.80. The fourth-order valence-corrected chi connectivity index (χ4v) is 7.80. The number of hydrogen-bond acceptors (Lipinski definition) is 9. The zero-order chi connectivity index (χ0) is 39.0. The average Bonchev–Trinajstić information content (AvgIpc) is 3.81. The molecule has 0 radical (unpaired) electrons. The van der Waals surface area contributed by atoms with Gasteiger partial charge < -0.3 is 38.7 Å². The molecule has 7 aromatic rings. The van der Waals surface area contributed by atoms with Crippen molar-refractivity contribution in [3.05, 3.63) is 191 Å². The second-order valence-electron chi connectivity index (χ2n) is 14.1. The summed E-state index contributed by atoms with van der Waals surface area (Å²) < 4.78 is 33.2. The topological polar surface area (TPSA) is 109 Å². The highest BCUT2D eigenvalue weighted by Gasteiger charge is 2.47. The van der Waals surface area contributed by atoms with Gasteiger partial charge >= 0.3 is 0 Å². The molecule has 8 rings (SSSR count). The summed E-state index contributed by atoms with van der Waals surface area (Å²) in [7, 11) is 3.23. The van der Waals surface area contributed by atoms with Gasteiger partial charge in [-0.1, -0.05) is 133 Å². The van der Waals surface area contributed by atoms with Gasteiger partial charge in [0.05, 0.1) is 52.2 Å². The van der Waals surface area contributed by atoms with Crippen LogP contribution in [0.1, 0.15) is 39.4 Å². The van der Waals surface area contributed by atoms with Gasteiger partial charge in [-0.15, -0.1) is 0 Å². The highest BCUT2D eigenvalue weighted by atomic mass is 16.5. The van der Waals surface area contributed by atoms with Gasteiger partial charge in [0.2, 0.25) is 5.88 Å². The van der Waals surface area contributed by atoms with E-state index in [1.807, 2.05) is 120 Å². The maximum atomic E-state index is 12.3. The van der Waals surface area contributed by atoms with Crippen molar-refractivity contribution in [3.63, 3.8) is 0 Å². The maximum Gasteiger partial charge on any atom is 0.241 e. The van der Waals surface area contributed by atoms with E-state index < -0.39 is 29.9 Å². The van der Waals surface area contributed by atoms with Crippen LogP contribution in [0, 0.1) is 0 Å². The van der Waals surface area contributed by atoms with Crippen LogP contribution in [0.2, 0.25) is 0 Å². The SMILES string of the molecule is COc1ccc(CO[C@@H]2[C@H](O)[C@@H](COC(c3ccccc3)(c3ccccc3)c3ccccc3)N[C@H]2c2cn(COCc3ccccc3)c3c(OC)ncnc23)cc1. The normalized spacial score (nSPS) is 18.2. The molecule has 1 aliphatic heterocycles. The van der Waals surface area contributed by atoms with Gasteiger partial charge in [0, 0.05) is 11.8 Å². The quantitative estimate of drug-likeness (QED) is 0.0964. The summed E-state index contributed by atoms with van der Waals surface area (Å²) in [6, 6.07) is 47.4. The van der Waals surface area contributed by atoms with Crippen LogP contribution < -0.4 is 14.8 Å². The summed E-state index contributed by atoms with van der Waals surface area (Å²) in [6.45, 7) is 1.06. The Morgan fingerprint density at radius 1 is 0.684 bits per heavy atom. The molecule has 0 aliphatic carbocycles. The highest BCUT2D eigenvalue weighted by molar-refractivity contribution is 5.84. The number of nitrogens with one attached hydrogen (secondary N) is 1. The molecule has 4 atom stereocenters. The second kappa shape index (κ2) is 17.5. The Hall–Kier alpha value is -5.88. The zero-order valence-electron chi connectivity index (χ0n) is 32.0. The second-order valence-corrected chi connectivity index (χ2v) is 14.1. The molecule has 0 amide bonds. The average molecular weight is 763 g/mol. The predicted molar refractivity (Wildman–Crippen MR) is 218 cm³/mol. The van der Waals surface area contributed by atoms with Crippen LogP contribution in [0.5, 0.6) is 11.6 Å². The summed E-state index contributed by atoms with van der Waals surface area (Å²) in [4.78, 5) is 9.19. The molecule has 0 unspecified atom stereocenters. The Morgan fingerprint density at radius 3 is 1.84 bits per heavy atom. The number of hydrogen-bond donors (Lipinski definition) is 2. The lowest BCUT2D eigenvalue weighted by molar-refractivity contribution is -0.0577. The lowest BCUT2D eigenvalue weighted by Crippen LogP contribution is -2.42. The molecule has 0 bridgehead atoms. The molecular weight excluding hydrogens is 717 g/mol. The van der Waals surface area contributed by atoms with E-state index >= 15 is 0 Å². The molecule has 57 heavy (non-hydrogen) atoms. The van der Waals surface area contributed by atoms with Crippen LogP contribution in [0.3, 0.4) is 0 Å². The number of aliphatic hydroxyl groups excluding tert-OH is 1. The molecule has 0 saturated carbocycles. The van der Waals surface area contributed by atoms with Gasteiger partial charge in [-0.2, -0.15) is 4.98 Å². The molecule has 5 aromatic carbocycles. The number of methoxy groups -OCH3 is 2. The fraction of sp³-hybridized carbons (Fsp3) is 0.234. The first-order chi connectivity index (χ1) is 28.1. The van der Waals surface area contributed by atoms with Gasteiger partial charge in [-0.05, 0) is 39.9 Å². The summed E-state index contributed by atoms with van der Waals surface area (Å²) in [5, 5.41) is 16.1. The zero-order valence-corrected chi connectivity index (χ0v) is 32.0. The van der Waals surface area contributed by atoms with Gasteiger partial charge in [0.1, 0.15) is 41.5 Å². The van der Waals surface area contributed by atoms with Gasteiger partial charge in [-0.25, -0.2) is 4.98 Å². The van der Waals surface area contributed by atoms with Crippen molar-refractivity contribution in [2.75, 3.05) is 20.8 Å². The maximum absolute atomic E-state index is 12.3. The van der Waals surface area contributed by atoms with Gasteiger partial charge in [0.15, 0.2) is 0 Å².